The van der Waals surface area contributed by atoms with E-state index in [1.807, 2.05) is 0 Å². The van der Waals surface area contributed by atoms with Gasteiger partial charge in [-0.2, -0.15) is 0 Å². The van der Waals surface area contributed by atoms with Crippen molar-refractivity contribution in [2.24, 2.45) is 16.7 Å². The molecule has 0 spiro atoms. The van der Waals surface area contributed by atoms with Crippen molar-refractivity contribution in [3.63, 3.8) is 0 Å². The first kappa shape index (κ1) is 14.7. The third kappa shape index (κ3) is 5.39. The van der Waals surface area contributed by atoms with Crippen LogP contribution in [0, 0.1) is 16.7 Å². The monoisotopic (exact) mass is 210 g/mol. The number of hydrogen-bond acceptors (Lipinski definition) is 0. The van der Waals surface area contributed by atoms with Gasteiger partial charge in [0, 0.05) is 0 Å². The second kappa shape index (κ2) is 5.72. The van der Waals surface area contributed by atoms with Gasteiger partial charge in [-0.25, -0.2) is 0 Å². The van der Waals surface area contributed by atoms with Gasteiger partial charge in [0.15, 0.2) is 0 Å². The second-order valence-electron chi connectivity index (χ2n) is 6.23. The highest BCUT2D eigenvalue weighted by molar-refractivity contribution is 4.99. The molecule has 0 aliphatic carbocycles. The molecule has 0 heterocycles. The van der Waals surface area contributed by atoms with Crippen molar-refractivity contribution in [2.45, 2.75) is 67.7 Å². The fourth-order valence-corrected chi connectivity index (χ4v) is 1.66. The fraction of sp³-hybridized carbons (Fsp3) is 0.867. The van der Waals surface area contributed by atoms with Crippen molar-refractivity contribution in [3.8, 4) is 0 Å². The Balaban J connectivity index is 4.41. The molecule has 1 atom stereocenters. The predicted octanol–water partition coefficient (Wildman–Crippen LogP) is 5.44. The van der Waals surface area contributed by atoms with E-state index in [2.05, 4.69) is 60.6 Å². The first-order valence-corrected chi connectivity index (χ1v) is 6.44. The summed E-state index contributed by atoms with van der Waals surface area (Å²) in [7, 11) is 0. The summed E-state index contributed by atoms with van der Waals surface area (Å²) in [5.74, 6) is 0.670. The van der Waals surface area contributed by atoms with Crippen LogP contribution in [0.5, 0.6) is 0 Å². The molecule has 0 saturated heterocycles. The van der Waals surface area contributed by atoms with Crippen LogP contribution in [0.1, 0.15) is 67.7 Å². The van der Waals surface area contributed by atoms with Crippen molar-refractivity contribution in [1.29, 1.82) is 0 Å². The first-order valence-electron chi connectivity index (χ1n) is 6.44. The van der Waals surface area contributed by atoms with E-state index in [0.29, 0.717) is 16.7 Å². The standard InChI is InChI=1S/C15H30/c1-8-11-15(6,7)13(3)10-12-14(4,5)9-2/h10,12-13H,8-9,11H2,1-7H3. The Morgan fingerprint density at radius 2 is 1.60 bits per heavy atom. The average molecular weight is 210 g/mol. The quantitative estimate of drug-likeness (QED) is 0.512. The summed E-state index contributed by atoms with van der Waals surface area (Å²) in [6.45, 7) is 16.2. The van der Waals surface area contributed by atoms with Crippen LogP contribution in [-0.4, -0.2) is 0 Å². The van der Waals surface area contributed by atoms with Crippen molar-refractivity contribution >= 4 is 0 Å². The van der Waals surface area contributed by atoms with E-state index >= 15 is 0 Å². The van der Waals surface area contributed by atoms with Gasteiger partial charge in [0.25, 0.3) is 0 Å². The normalized spacial score (nSPS) is 15.9. The van der Waals surface area contributed by atoms with E-state index in [0.717, 1.165) is 0 Å². The van der Waals surface area contributed by atoms with E-state index in [4.69, 9.17) is 0 Å². The molecule has 1 unspecified atom stereocenters. The summed E-state index contributed by atoms with van der Waals surface area (Å²) in [5, 5.41) is 0. The Bertz CT molecular complexity index is 196. The Labute approximate surface area is 97.2 Å². The van der Waals surface area contributed by atoms with E-state index < -0.39 is 0 Å². The highest BCUT2D eigenvalue weighted by atomic mass is 14.3. The summed E-state index contributed by atoms with van der Waals surface area (Å²) in [6.07, 6.45) is 8.62. The number of rotatable bonds is 6. The lowest BCUT2D eigenvalue weighted by molar-refractivity contribution is 0.250. The maximum absolute atomic E-state index is 2.42. The van der Waals surface area contributed by atoms with Gasteiger partial charge in [-0.3, -0.25) is 0 Å². The molecular formula is C15H30. The van der Waals surface area contributed by atoms with Gasteiger partial charge in [0.1, 0.15) is 0 Å². The Morgan fingerprint density at radius 3 is 2.00 bits per heavy atom. The van der Waals surface area contributed by atoms with Crippen LogP contribution in [0.25, 0.3) is 0 Å². The molecule has 0 aliphatic heterocycles. The molecule has 0 rings (SSSR count). The SMILES string of the molecule is CCCC(C)(C)C(C)C=CC(C)(C)CC. The zero-order valence-corrected chi connectivity index (χ0v) is 11.9. The summed E-state index contributed by atoms with van der Waals surface area (Å²) >= 11 is 0. The molecule has 0 aromatic carbocycles. The van der Waals surface area contributed by atoms with Crippen LogP contribution in [0.2, 0.25) is 0 Å². The lowest BCUT2D eigenvalue weighted by Gasteiger charge is -2.30. The molecule has 0 aromatic rings. The summed E-state index contributed by atoms with van der Waals surface area (Å²) < 4.78 is 0. The topological polar surface area (TPSA) is 0 Å². The lowest BCUT2D eigenvalue weighted by atomic mass is 9.75. The molecule has 0 radical (unpaired) electrons. The number of allylic oxidation sites excluding steroid dienone is 2. The molecule has 90 valence electrons. The van der Waals surface area contributed by atoms with Crippen LogP contribution in [0.4, 0.5) is 0 Å². The Kier molecular flexibility index (Phi) is 5.62. The van der Waals surface area contributed by atoms with E-state index in [-0.39, 0.29) is 0 Å². The van der Waals surface area contributed by atoms with E-state index in [1.54, 1.807) is 0 Å². The molecule has 0 amide bonds. The summed E-state index contributed by atoms with van der Waals surface area (Å²) in [5.41, 5.74) is 0.797. The van der Waals surface area contributed by atoms with Crippen LogP contribution >= 0.6 is 0 Å². The van der Waals surface area contributed by atoms with Crippen molar-refractivity contribution in [2.75, 3.05) is 0 Å². The van der Waals surface area contributed by atoms with Crippen LogP contribution in [0.3, 0.4) is 0 Å². The Hall–Kier alpha value is -0.260. The van der Waals surface area contributed by atoms with Crippen LogP contribution in [-0.2, 0) is 0 Å². The average Bonchev–Trinajstić information content (AvgIpc) is 2.14. The summed E-state index contributed by atoms with van der Waals surface area (Å²) in [6, 6.07) is 0. The molecule has 15 heavy (non-hydrogen) atoms. The molecule has 0 aromatic heterocycles. The van der Waals surface area contributed by atoms with E-state index in [9.17, 15) is 0 Å². The third-order valence-corrected chi connectivity index (χ3v) is 3.87. The number of hydrogen-bond donors (Lipinski definition) is 0. The third-order valence-electron chi connectivity index (χ3n) is 3.87. The van der Waals surface area contributed by atoms with Crippen molar-refractivity contribution < 1.29 is 0 Å². The molecule has 0 aliphatic rings. The maximum atomic E-state index is 2.42. The smallest absolute Gasteiger partial charge is 0.0177 e. The van der Waals surface area contributed by atoms with Crippen molar-refractivity contribution in [3.05, 3.63) is 12.2 Å². The van der Waals surface area contributed by atoms with Gasteiger partial charge in [-0.1, -0.05) is 67.0 Å². The van der Waals surface area contributed by atoms with Gasteiger partial charge in [-0.15, -0.1) is 0 Å². The van der Waals surface area contributed by atoms with Crippen molar-refractivity contribution in [1.82, 2.24) is 0 Å². The zero-order valence-electron chi connectivity index (χ0n) is 11.9. The minimum Gasteiger partial charge on any atom is -0.0846 e. The zero-order chi connectivity index (χ0) is 12.1. The molecule has 0 heteroatoms. The molecule has 0 N–H and O–H groups in total. The molecule has 0 fully saturated rings. The van der Waals surface area contributed by atoms with Gasteiger partial charge in [-0.05, 0) is 29.6 Å². The van der Waals surface area contributed by atoms with E-state index in [1.165, 1.54) is 19.3 Å². The highest BCUT2D eigenvalue weighted by Gasteiger charge is 2.23. The molecule has 0 nitrogen and oxygen atoms in total. The maximum Gasteiger partial charge on any atom is -0.0177 e. The van der Waals surface area contributed by atoms with Gasteiger partial charge >= 0.3 is 0 Å². The van der Waals surface area contributed by atoms with Gasteiger partial charge in [0.05, 0.1) is 0 Å². The van der Waals surface area contributed by atoms with Crippen LogP contribution < -0.4 is 0 Å². The fourth-order valence-electron chi connectivity index (χ4n) is 1.66. The largest absolute Gasteiger partial charge is 0.0846 e. The molecular weight excluding hydrogens is 180 g/mol. The minimum absolute atomic E-state index is 0.358. The van der Waals surface area contributed by atoms with Gasteiger partial charge < -0.3 is 0 Å². The van der Waals surface area contributed by atoms with Crippen LogP contribution in [0.15, 0.2) is 12.2 Å². The Morgan fingerprint density at radius 1 is 1.07 bits per heavy atom. The highest BCUT2D eigenvalue weighted by Crippen LogP contribution is 2.34. The summed E-state index contributed by atoms with van der Waals surface area (Å²) in [4.78, 5) is 0. The predicted molar refractivity (Wildman–Crippen MR) is 71.1 cm³/mol. The van der Waals surface area contributed by atoms with Gasteiger partial charge in [0.2, 0.25) is 0 Å². The lowest BCUT2D eigenvalue weighted by Crippen LogP contribution is -2.20. The first-order chi connectivity index (χ1) is 6.75. The minimum atomic E-state index is 0.358. The second-order valence-corrected chi connectivity index (χ2v) is 6.23. The molecule has 0 saturated carbocycles. The molecule has 0 bridgehead atoms.